The highest BCUT2D eigenvalue weighted by Gasteiger charge is 2.29. The smallest absolute Gasteiger partial charge is 0.338 e. The van der Waals surface area contributed by atoms with Crippen LogP contribution < -0.4 is 0 Å². The number of hydrogen-bond acceptors (Lipinski definition) is 1. The maximum atomic E-state index is 13.6. The number of carbonyl (C=O) groups excluding carboxylic acids is 1. The van der Waals surface area contributed by atoms with Crippen molar-refractivity contribution in [2.24, 2.45) is 0 Å². The normalized spacial score (nSPS) is 11.7. The Morgan fingerprint density at radius 3 is 2.29 bits per heavy atom. The first-order valence-corrected chi connectivity index (χ1v) is 7.11. The maximum absolute atomic E-state index is 13.6. The van der Waals surface area contributed by atoms with Crippen LogP contribution in [-0.2, 0) is 17.5 Å². The molecule has 2 nitrogen and oxygen atoms in total. The molecule has 0 fully saturated rings. The van der Waals surface area contributed by atoms with E-state index in [-0.39, 0.29) is 12.5 Å². The summed E-state index contributed by atoms with van der Waals surface area (Å²) in [4.78, 5) is 13.3. The molecule has 0 saturated heterocycles. The SMILES string of the molecule is CN(Cc1ccccc1F)C(=O)/C=C/c1ccc(C(F)(F)F)cc1. The molecule has 0 radical (unpaired) electrons. The van der Waals surface area contributed by atoms with Crippen LogP contribution in [0.2, 0.25) is 0 Å². The molecular weight excluding hydrogens is 322 g/mol. The molecule has 0 saturated carbocycles. The first-order valence-electron chi connectivity index (χ1n) is 7.11. The number of carbonyl (C=O) groups is 1. The quantitative estimate of drug-likeness (QED) is 0.593. The summed E-state index contributed by atoms with van der Waals surface area (Å²) in [5, 5.41) is 0. The van der Waals surface area contributed by atoms with E-state index in [4.69, 9.17) is 0 Å². The fourth-order valence-corrected chi connectivity index (χ4v) is 2.04. The van der Waals surface area contributed by atoms with Gasteiger partial charge in [-0.25, -0.2) is 4.39 Å². The van der Waals surface area contributed by atoms with Gasteiger partial charge in [-0.2, -0.15) is 13.2 Å². The van der Waals surface area contributed by atoms with E-state index in [0.29, 0.717) is 11.1 Å². The minimum absolute atomic E-state index is 0.100. The minimum Gasteiger partial charge on any atom is -0.338 e. The zero-order valence-corrected chi connectivity index (χ0v) is 12.8. The van der Waals surface area contributed by atoms with Crippen LogP contribution in [0.5, 0.6) is 0 Å². The Labute approximate surface area is 137 Å². The monoisotopic (exact) mass is 337 g/mol. The summed E-state index contributed by atoms with van der Waals surface area (Å²) in [7, 11) is 1.52. The topological polar surface area (TPSA) is 20.3 Å². The van der Waals surface area contributed by atoms with Gasteiger partial charge in [-0.3, -0.25) is 4.79 Å². The molecule has 0 aliphatic carbocycles. The van der Waals surface area contributed by atoms with Gasteiger partial charge in [-0.05, 0) is 29.8 Å². The van der Waals surface area contributed by atoms with Gasteiger partial charge in [0, 0.05) is 25.2 Å². The molecule has 0 unspecified atom stereocenters. The number of amides is 1. The summed E-state index contributed by atoms with van der Waals surface area (Å²) in [5.41, 5.74) is 0.106. The molecular formula is C18H15F4NO. The second kappa shape index (κ2) is 7.29. The van der Waals surface area contributed by atoms with Crippen molar-refractivity contribution in [3.8, 4) is 0 Å². The molecule has 1 amide bonds. The van der Waals surface area contributed by atoms with Gasteiger partial charge in [0.15, 0.2) is 0 Å². The van der Waals surface area contributed by atoms with Crippen molar-refractivity contribution in [1.82, 2.24) is 4.90 Å². The lowest BCUT2D eigenvalue weighted by Crippen LogP contribution is -2.24. The molecule has 0 bridgehead atoms. The van der Waals surface area contributed by atoms with Crippen LogP contribution in [-0.4, -0.2) is 17.9 Å². The van der Waals surface area contributed by atoms with E-state index in [2.05, 4.69) is 0 Å². The maximum Gasteiger partial charge on any atom is 0.416 e. The summed E-state index contributed by atoms with van der Waals surface area (Å²) < 4.78 is 51.0. The van der Waals surface area contributed by atoms with Crippen LogP contribution in [0.1, 0.15) is 16.7 Å². The van der Waals surface area contributed by atoms with E-state index < -0.39 is 17.6 Å². The van der Waals surface area contributed by atoms with Gasteiger partial charge < -0.3 is 4.90 Å². The predicted molar refractivity (Wildman–Crippen MR) is 83.4 cm³/mol. The highest BCUT2D eigenvalue weighted by molar-refractivity contribution is 5.91. The summed E-state index contributed by atoms with van der Waals surface area (Å²) in [6.07, 6.45) is -1.73. The molecule has 0 atom stereocenters. The lowest BCUT2D eigenvalue weighted by molar-refractivity contribution is -0.137. The van der Waals surface area contributed by atoms with Crippen molar-refractivity contribution >= 4 is 12.0 Å². The van der Waals surface area contributed by atoms with Gasteiger partial charge >= 0.3 is 6.18 Å². The number of benzene rings is 2. The largest absolute Gasteiger partial charge is 0.416 e. The molecule has 2 aromatic carbocycles. The Kier molecular flexibility index (Phi) is 5.39. The second-order valence-electron chi connectivity index (χ2n) is 5.24. The zero-order chi connectivity index (χ0) is 17.7. The summed E-state index contributed by atoms with van der Waals surface area (Å²) in [6, 6.07) is 10.6. The lowest BCUT2D eigenvalue weighted by Gasteiger charge is -2.15. The highest BCUT2D eigenvalue weighted by Crippen LogP contribution is 2.29. The third kappa shape index (κ3) is 4.68. The van der Waals surface area contributed by atoms with Crippen molar-refractivity contribution < 1.29 is 22.4 Å². The van der Waals surface area contributed by atoms with Gasteiger partial charge in [-0.15, -0.1) is 0 Å². The minimum atomic E-state index is -4.39. The molecule has 24 heavy (non-hydrogen) atoms. The Balaban J connectivity index is 2.00. The van der Waals surface area contributed by atoms with Gasteiger partial charge in [-0.1, -0.05) is 30.3 Å². The predicted octanol–water partition coefficient (Wildman–Crippen LogP) is 4.52. The van der Waals surface area contributed by atoms with Crippen molar-refractivity contribution in [3.05, 3.63) is 77.1 Å². The average molecular weight is 337 g/mol. The fourth-order valence-electron chi connectivity index (χ4n) is 2.04. The molecule has 0 heterocycles. The Hall–Kier alpha value is -2.63. The van der Waals surface area contributed by atoms with Crippen molar-refractivity contribution in [2.75, 3.05) is 7.05 Å². The number of nitrogens with zero attached hydrogens (tertiary/aromatic N) is 1. The van der Waals surface area contributed by atoms with Crippen molar-refractivity contribution in [1.29, 1.82) is 0 Å². The molecule has 0 N–H and O–H groups in total. The zero-order valence-electron chi connectivity index (χ0n) is 12.8. The number of hydrogen-bond donors (Lipinski definition) is 0. The van der Waals surface area contributed by atoms with Crippen LogP contribution >= 0.6 is 0 Å². The molecule has 0 aromatic heterocycles. The van der Waals surface area contributed by atoms with E-state index in [0.717, 1.165) is 12.1 Å². The molecule has 0 spiro atoms. The lowest BCUT2D eigenvalue weighted by atomic mass is 10.1. The molecule has 0 aliphatic heterocycles. The number of alkyl halides is 3. The Morgan fingerprint density at radius 1 is 1.08 bits per heavy atom. The highest BCUT2D eigenvalue weighted by atomic mass is 19.4. The Morgan fingerprint density at radius 2 is 1.71 bits per heavy atom. The van der Waals surface area contributed by atoms with E-state index >= 15 is 0 Å². The van der Waals surface area contributed by atoms with Gasteiger partial charge in [0.2, 0.25) is 5.91 Å². The van der Waals surface area contributed by atoms with Crippen LogP contribution in [0.15, 0.2) is 54.6 Å². The fraction of sp³-hybridized carbons (Fsp3) is 0.167. The first kappa shape index (κ1) is 17.7. The van der Waals surface area contributed by atoms with Gasteiger partial charge in [0.25, 0.3) is 0 Å². The number of likely N-dealkylation sites (N-methyl/N-ethyl adjacent to an activating group) is 1. The van der Waals surface area contributed by atoms with Crippen LogP contribution in [0.4, 0.5) is 17.6 Å². The molecule has 0 aliphatic rings. The van der Waals surface area contributed by atoms with E-state index in [1.54, 1.807) is 18.2 Å². The Bertz CT molecular complexity index is 735. The molecule has 6 heteroatoms. The van der Waals surface area contributed by atoms with Crippen LogP contribution in [0.25, 0.3) is 6.08 Å². The first-order chi connectivity index (χ1) is 11.3. The van der Waals surface area contributed by atoms with Crippen molar-refractivity contribution in [3.63, 3.8) is 0 Å². The van der Waals surface area contributed by atoms with Crippen LogP contribution in [0.3, 0.4) is 0 Å². The second-order valence-corrected chi connectivity index (χ2v) is 5.24. The van der Waals surface area contributed by atoms with E-state index in [1.165, 1.54) is 42.3 Å². The standard InChI is InChI=1S/C18H15F4NO/c1-23(12-14-4-2-3-5-16(14)19)17(24)11-8-13-6-9-15(10-7-13)18(20,21)22/h2-11H,12H2,1H3/b11-8+. The van der Waals surface area contributed by atoms with Crippen molar-refractivity contribution in [2.45, 2.75) is 12.7 Å². The summed E-state index contributed by atoms with van der Waals surface area (Å²) >= 11 is 0. The van der Waals surface area contributed by atoms with Gasteiger partial charge in [0.1, 0.15) is 5.82 Å². The molecule has 2 aromatic rings. The van der Waals surface area contributed by atoms with E-state index in [1.807, 2.05) is 0 Å². The summed E-state index contributed by atoms with van der Waals surface area (Å²) in [6.45, 7) is 0.100. The third-order valence-corrected chi connectivity index (χ3v) is 3.40. The average Bonchev–Trinajstić information content (AvgIpc) is 2.54. The number of rotatable bonds is 4. The van der Waals surface area contributed by atoms with Crippen LogP contribution in [0, 0.1) is 5.82 Å². The molecule has 2 rings (SSSR count). The molecule has 126 valence electrons. The van der Waals surface area contributed by atoms with E-state index in [9.17, 15) is 22.4 Å². The third-order valence-electron chi connectivity index (χ3n) is 3.40. The summed E-state index contributed by atoms with van der Waals surface area (Å²) in [5.74, 6) is -0.776. The van der Waals surface area contributed by atoms with Gasteiger partial charge in [0.05, 0.1) is 5.56 Å². The number of halogens is 4.